The third-order valence-electron chi connectivity index (χ3n) is 2.46. The molecule has 0 saturated heterocycles. The average molecular weight is 203 g/mol. The SMILES string of the molecule is C[C@]1(O)CC(=O)C=C(c2ccccn2)C1. The molecule has 1 atom stereocenters. The topological polar surface area (TPSA) is 50.2 Å². The van der Waals surface area contributed by atoms with Gasteiger partial charge < -0.3 is 5.11 Å². The molecule has 1 aliphatic rings. The van der Waals surface area contributed by atoms with Gasteiger partial charge in [0.1, 0.15) is 0 Å². The highest BCUT2D eigenvalue weighted by atomic mass is 16.3. The summed E-state index contributed by atoms with van der Waals surface area (Å²) < 4.78 is 0. The van der Waals surface area contributed by atoms with E-state index in [1.807, 2.05) is 18.2 Å². The van der Waals surface area contributed by atoms with E-state index >= 15 is 0 Å². The minimum atomic E-state index is -0.932. The van der Waals surface area contributed by atoms with E-state index in [-0.39, 0.29) is 12.2 Å². The number of hydrogen-bond donors (Lipinski definition) is 1. The molecule has 1 aromatic rings. The smallest absolute Gasteiger partial charge is 0.158 e. The number of pyridine rings is 1. The van der Waals surface area contributed by atoms with E-state index in [1.54, 1.807) is 19.2 Å². The van der Waals surface area contributed by atoms with Crippen molar-refractivity contribution in [2.45, 2.75) is 25.4 Å². The van der Waals surface area contributed by atoms with Crippen molar-refractivity contribution in [3.05, 3.63) is 36.2 Å². The van der Waals surface area contributed by atoms with Crippen LogP contribution >= 0.6 is 0 Å². The summed E-state index contributed by atoms with van der Waals surface area (Å²) in [7, 11) is 0. The molecule has 0 unspecified atom stereocenters. The molecule has 1 N–H and O–H groups in total. The summed E-state index contributed by atoms with van der Waals surface area (Å²) in [6.45, 7) is 1.68. The van der Waals surface area contributed by atoms with Gasteiger partial charge in [0.25, 0.3) is 0 Å². The van der Waals surface area contributed by atoms with Gasteiger partial charge in [0.2, 0.25) is 0 Å². The number of carbonyl (C=O) groups is 1. The van der Waals surface area contributed by atoms with E-state index in [4.69, 9.17) is 0 Å². The number of rotatable bonds is 1. The lowest BCUT2D eigenvalue weighted by Gasteiger charge is -2.27. The van der Waals surface area contributed by atoms with Crippen LogP contribution in [0.4, 0.5) is 0 Å². The third kappa shape index (κ3) is 2.30. The molecular formula is C12H13NO2. The zero-order chi connectivity index (χ0) is 10.9. The first-order chi connectivity index (χ1) is 7.07. The van der Waals surface area contributed by atoms with Crippen LogP contribution in [0.3, 0.4) is 0 Å². The maximum absolute atomic E-state index is 11.4. The molecule has 0 amide bonds. The summed E-state index contributed by atoms with van der Waals surface area (Å²) in [6, 6.07) is 5.55. The first-order valence-corrected chi connectivity index (χ1v) is 4.94. The monoisotopic (exact) mass is 203 g/mol. The Morgan fingerprint density at radius 1 is 1.40 bits per heavy atom. The van der Waals surface area contributed by atoms with Gasteiger partial charge in [-0.3, -0.25) is 9.78 Å². The standard InChI is InChI=1S/C12H13NO2/c1-12(15)7-9(6-10(14)8-12)11-4-2-3-5-13-11/h2-6,15H,7-8H2,1H3/t12-/m1/s1. The summed E-state index contributed by atoms with van der Waals surface area (Å²) in [6.07, 6.45) is 3.95. The lowest BCUT2D eigenvalue weighted by molar-refractivity contribution is -0.119. The molecule has 1 aliphatic carbocycles. The second-order valence-corrected chi connectivity index (χ2v) is 4.20. The zero-order valence-electron chi connectivity index (χ0n) is 8.60. The maximum Gasteiger partial charge on any atom is 0.158 e. The Balaban J connectivity index is 2.35. The van der Waals surface area contributed by atoms with Crippen LogP contribution in [-0.4, -0.2) is 21.5 Å². The van der Waals surface area contributed by atoms with Gasteiger partial charge in [-0.05, 0) is 30.7 Å². The van der Waals surface area contributed by atoms with Crippen molar-refractivity contribution >= 4 is 11.4 Å². The number of hydrogen-bond acceptors (Lipinski definition) is 3. The number of nitrogens with zero attached hydrogens (tertiary/aromatic N) is 1. The number of allylic oxidation sites excluding steroid dienone is 1. The molecule has 0 fully saturated rings. The minimum absolute atomic E-state index is 0.0353. The Morgan fingerprint density at radius 2 is 2.20 bits per heavy atom. The van der Waals surface area contributed by atoms with Crippen molar-refractivity contribution in [1.82, 2.24) is 4.98 Å². The van der Waals surface area contributed by atoms with Crippen molar-refractivity contribution in [3.8, 4) is 0 Å². The molecular weight excluding hydrogens is 190 g/mol. The van der Waals surface area contributed by atoms with Crippen molar-refractivity contribution in [1.29, 1.82) is 0 Å². The number of carbonyl (C=O) groups excluding carboxylic acids is 1. The molecule has 1 aromatic heterocycles. The molecule has 2 rings (SSSR count). The van der Waals surface area contributed by atoms with Gasteiger partial charge in [-0.25, -0.2) is 0 Å². The lowest BCUT2D eigenvalue weighted by Crippen LogP contribution is -2.31. The normalized spacial score (nSPS) is 26.3. The van der Waals surface area contributed by atoms with E-state index in [9.17, 15) is 9.90 Å². The van der Waals surface area contributed by atoms with Crippen LogP contribution in [0.5, 0.6) is 0 Å². The third-order valence-corrected chi connectivity index (χ3v) is 2.46. The largest absolute Gasteiger partial charge is 0.389 e. The van der Waals surface area contributed by atoms with E-state index in [0.29, 0.717) is 6.42 Å². The Hall–Kier alpha value is -1.48. The highest BCUT2D eigenvalue weighted by Gasteiger charge is 2.30. The number of aromatic nitrogens is 1. The van der Waals surface area contributed by atoms with Crippen LogP contribution in [0.1, 0.15) is 25.5 Å². The Morgan fingerprint density at radius 3 is 2.80 bits per heavy atom. The van der Waals surface area contributed by atoms with Crippen LogP contribution in [0, 0.1) is 0 Å². The summed E-state index contributed by atoms with van der Waals surface area (Å²) in [4.78, 5) is 15.6. The molecule has 78 valence electrons. The fourth-order valence-corrected chi connectivity index (χ4v) is 1.86. The van der Waals surface area contributed by atoms with Crippen LogP contribution in [0.25, 0.3) is 5.57 Å². The quantitative estimate of drug-likeness (QED) is 0.753. The van der Waals surface area contributed by atoms with Crippen LogP contribution in [0.15, 0.2) is 30.5 Å². The molecule has 0 spiro atoms. The van der Waals surface area contributed by atoms with Gasteiger partial charge in [0, 0.05) is 19.0 Å². The Bertz CT molecular complexity index is 407. The van der Waals surface area contributed by atoms with Gasteiger partial charge in [0.05, 0.1) is 11.3 Å². The molecule has 0 radical (unpaired) electrons. The van der Waals surface area contributed by atoms with Gasteiger partial charge in [-0.15, -0.1) is 0 Å². The molecule has 0 bridgehead atoms. The highest BCUT2D eigenvalue weighted by molar-refractivity contribution is 5.99. The Labute approximate surface area is 88.5 Å². The van der Waals surface area contributed by atoms with Crippen LogP contribution in [-0.2, 0) is 4.79 Å². The average Bonchev–Trinajstić information content (AvgIpc) is 2.16. The maximum atomic E-state index is 11.4. The number of ketones is 1. The summed E-state index contributed by atoms with van der Waals surface area (Å²) in [5, 5.41) is 9.89. The van der Waals surface area contributed by atoms with Crippen molar-refractivity contribution in [2.75, 3.05) is 0 Å². The van der Waals surface area contributed by atoms with E-state index in [0.717, 1.165) is 11.3 Å². The van der Waals surface area contributed by atoms with Crippen molar-refractivity contribution < 1.29 is 9.90 Å². The predicted molar refractivity (Wildman–Crippen MR) is 57.1 cm³/mol. The minimum Gasteiger partial charge on any atom is -0.389 e. The number of aliphatic hydroxyl groups is 1. The van der Waals surface area contributed by atoms with Gasteiger partial charge >= 0.3 is 0 Å². The molecule has 1 heterocycles. The second-order valence-electron chi connectivity index (χ2n) is 4.20. The summed E-state index contributed by atoms with van der Waals surface area (Å²) in [5.74, 6) is -0.0353. The molecule has 15 heavy (non-hydrogen) atoms. The molecule has 3 heteroatoms. The van der Waals surface area contributed by atoms with Crippen LogP contribution in [0.2, 0.25) is 0 Å². The zero-order valence-corrected chi connectivity index (χ0v) is 8.60. The molecule has 0 saturated carbocycles. The van der Waals surface area contributed by atoms with E-state index in [1.165, 1.54) is 0 Å². The van der Waals surface area contributed by atoms with E-state index in [2.05, 4.69) is 4.98 Å². The van der Waals surface area contributed by atoms with Gasteiger partial charge in [-0.1, -0.05) is 6.07 Å². The first kappa shape index (κ1) is 10.1. The fraction of sp³-hybridized carbons (Fsp3) is 0.333. The van der Waals surface area contributed by atoms with Gasteiger partial charge in [0.15, 0.2) is 5.78 Å². The summed E-state index contributed by atoms with van der Waals surface area (Å²) >= 11 is 0. The van der Waals surface area contributed by atoms with Crippen molar-refractivity contribution in [3.63, 3.8) is 0 Å². The first-order valence-electron chi connectivity index (χ1n) is 4.94. The van der Waals surface area contributed by atoms with Gasteiger partial charge in [-0.2, -0.15) is 0 Å². The van der Waals surface area contributed by atoms with Crippen LogP contribution < -0.4 is 0 Å². The van der Waals surface area contributed by atoms with Crippen molar-refractivity contribution in [2.24, 2.45) is 0 Å². The Kier molecular flexibility index (Phi) is 2.40. The van der Waals surface area contributed by atoms with E-state index < -0.39 is 5.60 Å². The highest BCUT2D eigenvalue weighted by Crippen LogP contribution is 2.30. The molecule has 0 aromatic carbocycles. The second kappa shape index (κ2) is 3.59. The lowest BCUT2D eigenvalue weighted by atomic mass is 9.84. The molecule has 0 aliphatic heterocycles. The molecule has 3 nitrogen and oxygen atoms in total. The fourth-order valence-electron chi connectivity index (χ4n) is 1.86. The predicted octanol–water partition coefficient (Wildman–Crippen LogP) is 1.58. The summed E-state index contributed by atoms with van der Waals surface area (Å²) in [5.41, 5.74) is 0.654.